The smallest absolute Gasteiger partial charge is 0.253 e. The largest absolute Gasteiger partial charge is 0.348 e. The van der Waals surface area contributed by atoms with Crippen LogP contribution in [-0.4, -0.2) is 16.1 Å². The van der Waals surface area contributed by atoms with Crippen molar-refractivity contribution in [2.75, 3.05) is 0 Å². The van der Waals surface area contributed by atoms with Crippen molar-refractivity contribution in [1.82, 2.24) is 15.5 Å². The molecule has 0 saturated carbocycles. The van der Waals surface area contributed by atoms with Gasteiger partial charge in [-0.2, -0.15) is 10.2 Å². The number of rotatable bonds is 3. The molecule has 0 aliphatic heterocycles. The van der Waals surface area contributed by atoms with Crippen molar-refractivity contribution in [2.24, 2.45) is 0 Å². The Kier molecular flexibility index (Phi) is 3.82. The van der Waals surface area contributed by atoms with Crippen molar-refractivity contribution in [1.29, 1.82) is 0 Å². The van der Waals surface area contributed by atoms with Gasteiger partial charge in [-0.15, -0.1) is 0 Å². The fraction of sp³-hybridized carbons (Fsp3) is 0.0833. The van der Waals surface area contributed by atoms with Crippen LogP contribution >= 0.6 is 15.9 Å². The van der Waals surface area contributed by atoms with Gasteiger partial charge in [0.15, 0.2) is 0 Å². The number of carbonyl (C=O) groups excluding carboxylic acids is 1. The minimum absolute atomic E-state index is 0.153. The standard InChI is InChI=1S/C12H10BrN3O/c13-11-3-1-2-9(6-11)7-14-12(17)10-4-5-15-16-8-10/h1-6,8H,7H2,(H,14,17). The number of aromatic nitrogens is 2. The molecule has 1 aromatic carbocycles. The summed E-state index contributed by atoms with van der Waals surface area (Å²) in [7, 11) is 0. The Morgan fingerprint density at radius 1 is 1.29 bits per heavy atom. The second-order valence-corrected chi connectivity index (χ2v) is 4.36. The average Bonchev–Trinajstić information content (AvgIpc) is 2.37. The van der Waals surface area contributed by atoms with Crippen LogP contribution in [0.3, 0.4) is 0 Å². The number of nitrogens with one attached hydrogen (secondary N) is 1. The molecular weight excluding hydrogens is 282 g/mol. The van der Waals surface area contributed by atoms with E-state index in [0.29, 0.717) is 12.1 Å². The lowest BCUT2D eigenvalue weighted by Gasteiger charge is -2.05. The zero-order valence-electron chi connectivity index (χ0n) is 8.93. The molecule has 4 nitrogen and oxygen atoms in total. The number of hydrogen-bond donors (Lipinski definition) is 1. The van der Waals surface area contributed by atoms with Crippen LogP contribution in [0.1, 0.15) is 15.9 Å². The van der Waals surface area contributed by atoms with E-state index in [-0.39, 0.29) is 5.91 Å². The molecule has 0 aliphatic rings. The molecule has 2 aromatic rings. The van der Waals surface area contributed by atoms with Crippen molar-refractivity contribution in [3.63, 3.8) is 0 Å². The number of halogens is 1. The highest BCUT2D eigenvalue weighted by Gasteiger charge is 2.04. The molecule has 1 heterocycles. The third-order valence-electron chi connectivity index (χ3n) is 2.19. The summed E-state index contributed by atoms with van der Waals surface area (Å²) in [5.74, 6) is -0.153. The molecule has 0 fully saturated rings. The van der Waals surface area contributed by atoms with Gasteiger partial charge in [0.1, 0.15) is 0 Å². The monoisotopic (exact) mass is 291 g/mol. The summed E-state index contributed by atoms with van der Waals surface area (Å²) in [6.45, 7) is 0.487. The minimum atomic E-state index is -0.153. The molecule has 0 atom stereocenters. The molecule has 5 heteroatoms. The number of carbonyl (C=O) groups is 1. The second-order valence-electron chi connectivity index (χ2n) is 3.44. The van der Waals surface area contributed by atoms with Crippen molar-refractivity contribution >= 4 is 21.8 Å². The van der Waals surface area contributed by atoms with Gasteiger partial charge in [-0.05, 0) is 23.8 Å². The van der Waals surface area contributed by atoms with Gasteiger partial charge in [0.05, 0.1) is 18.0 Å². The summed E-state index contributed by atoms with van der Waals surface area (Å²) >= 11 is 3.38. The van der Waals surface area contributed by atoms with Gasteiger partial charge in [-0.1, -0.05) is 28.1 Å². The Bertz CT molecular complexity index is 516. The molecule has 86 valence electrons. The minimum Gasteiger partial charge on any atom is -0.348 e. The van der Waals surface area contributed by atoms with Gasteiger partial charge >= 0.3 is 0 Å². The maximum Gasteiger partial charge on any atom is 0.253 e. The first-order valence-electron chi connectivity index (χ1n) is 5.05. The zero-order chi connectivity index (χ0) is 12.1. The van der Waals surface area contributed by atoms with Crippen molar-refractivity contribution in [2.45, 2.75) is 6.54 Å². The number of hydrogen-bond acceptors (Lipinski definition) is 3. The molecule has 17 heavy (non-hydrogen) atoms. The van der Waals surface area contributed by atoms with Gasteiger partial charge in [0.2, 0.25) is 0 Å². The number of amides is 1. The summed E-state index contributed by atoms with van der Waals surface area (Å²) in [6.07, 6.45) is 2.93. The fourth-order valence-electron chi connectivity index (χ4n) is 1.36. The summed E-state index contributed by atoms with van der Waals surface area (Å²) in [6, 6.07) is 9.42. The molecule has 1 amide bonds. The van der Waals surface area contributed by atoms with Crippen molar-refractivity contribution in [3.8, 4) is 0 Å². The van der Waals surface area contributed by atoms with E-state index in [0.717, 1.165) is 10.0 Å². The lowest BCUT2D eigenvalue weighted by molar-refractivity contribution is 0.0950. The lowest BCUT2D eigenvalue weighted by Crippen LogP contribution is -2.22. The first-order chi connectivity index (χ1) is 8.25. The highest BCUT2D eigenvalue weighted by Crippen LogP contribution is 2.11. The topological polar surface area (TPSA) is 54.9 Å². The van der Waals surface area contributed by atoms with Crippen molar-refractivity contribution < 1.29 is 4.79 Å². The molecule has 1 aromatic heterocycles. The van der Waals surface area contributed by atoms with Gasteiger partial charge in [-0.3, -0.25) is 4.79 Å². The van der Waals surface area contributed by atoms with Crippen LogP contribution in [0.15, 0.2) is 47.2 Å². The average molecular weight is 292 g/mol. The van der Waals surface area contributed by atoms with E-state index in [9.17, 15) is 4.79 Å². The molecule has 0 spiro atoms. The van der Waals surface area contributed by atoms with Crippen LogP contribution in [0.5, 0.6) is 0 Å². The summed E-state index contributed by atoms with van der Waals surface area (Å²) in [5, 5.41) is 10.1. The normalized spacial score (nSPS) is 9.94. The van der Waals surface area contributed by atoms with Crippen LogP contribution in [-0.2, 0) is 6.54 Å². The van der Waals surface area contributed by atoms with E-state index in [1.54, 1.807) is 6.07 Å². The Morgan fingerprint density at radius 3 is 2.88 bits per heavy atom. The van der Waals surface area contributed by atoms with E-state index in [1.165, 1.54) is 12.4 Å². The lowest BCUT2D eigenvalue weighted by atomic mass is 10.2. The molecule has 0 saturated heterocycles. The Morgan fingerprint density at radius 2 is 2.18 bits per heavy atom. The predicted octanol–water partition coefficient (Wildman–Crippen LogP) is 2.17. The molecule has 0 bridgehead atoms. The van der Waals surface area contributed by atoms with E-state index in [1.807, 2.05) is 24.3 Å². The third-order valence-corrected chi connectivity index (χ3v) is 2.68. The quantitative estimate of drug-likeness (QED) is 0.943. The van der Waals surface area contributed by atoms with Crippen LogP contribution in [0.25, 0.3) is 0 Å². The molecule has 0 radical (unpaired) electrons. The van der Waals surface area contributed by atoms with E-state index in [2.05, 4.69) is 31.4 Å². The van der Waals surface area contributed by atoms with Crippen LogP contribution in [0.4, 0.5) is 0 Å². The maximum atomic E-state index is 11.7. The molecule has 1 N–H and O–H groups in total. The first-order valence-corrected chi connectivity index (χ1v) is 5.84. The van der Waals surface area contributed by atoms with E-state index in [4.69, 9.17) is 0 Å². The summed E-state index contributed by atoms with van der Waals surface area (Å²) in [4.78, 5) is 11.7. The maximum absolute atomic E-state index is 11.7. The number of nitrogens with zero attached hydrogens (tertiary/aromatic N) is 2. The van der Waals surface area contributed by atoms with Crippen molar-refractivity contribution in [3.05, 3.63) is 58.3 Å². The molecule has 0 aliphatic carbocycles. The Balaban J connectivity index is 1.97. The molecule has 0 unspecified atom stereocenters. The number of benzene rings is 1. The van der Waals surface area contributed by atoms with E-state index < -0.39 is 0 Å². The predicted molar refractivity (Wildman–Crippen MR) is 67.3 cm³/mol. The second kappa shape index (κ2) is 5.54. The molecule has 2 rings (SSSR count). The summed E-state index contributed by atoms with van der Waals surface area (Å²) in [5.41, 5.74) is 1.55. The van der Waals surface area contributed by atoms with E-state index >= 15 is 0 Å². The highest BCUT2D eigenvalue weighted by molar-refractivity contribution is 9.10. The van der Waals surface area contributed by atoms with Gasteiger partial charge in [0, 0.05) is 11.0 Å². The third kappa shape index (κ3) is 3.35. The van der Waals surface area contributed by atoms with Crippen LogP contribution in [0, 0.1) is 0 Å². The fourth-order valence-corrected chi connectivity index (χ4v) is 1.80. The Labute approximate surface area is 107 Å². The first kappa shape index (κ1) is 11.7. The van der Waals surface area contributed by atoms with Gasteiger partial charge in [0.25, 0.3) is 5.91 Å². The van der Waals surface area contributed by atoms with Crippen LogP contribution < -0.4 is 5.32 Å². The van der Waals surface area contributed by atoms with Gasteiger partial charge in [-0.25, -0.2) is 0 Å². The molecular formula is C12H10BrN3O. The van der Waals surface area contributed by atoms with Gasteiger partial charge < -0.3 is 5.32 Å². The highest BCUT2D eigenvalue weighted by atomic mass is 79.9. The van der Waals surface area contributed by atoms with Crippen LogP contribution in [0.2, 0.25) is 0 Å². The summed E-state index contributed by atoms with van der Waals surface area (Å²) < 4.78 is 0.995. The zero-order valence-corrected chi connectivity index (χ0v) is 10.5. The SMILES string of the molecule is O=C(NCc1cccc(Br)c1)c1ccnnc1. The Hall–Kier alpha value is -1.75.